The molecule has 0 aromatic carbocycles. The van der Waals surface area contributed by atoms with Crippen molar-refractivity contribution in [2.45, 2.75) is 53.1 Å². The average molecular weight is 279 g/mol. The van der Waals surface area contributed by atoms with Crippen molar-refractivity contribution in [1.29, 1.82) is 0 Å². The molecule has 0 spiro atoms. The van der Waals surface area contributed by atoms with E-state index in [1.807, 2.05) is 4.68 Å². The maximum absolute atomic E-state index is 4.22. The second kappa shape index (κ2) is 7.18. The highest BCUT2D eigenvalue weighted by atomic mass is 15.4. The van der Waals surface area contributed by atoms with Crippen LogP contribution >= 0.6 is 0 Å². The first kappa shape index (κ1) is 15.4. The van der Waals surface area contributed by atoms with Gasteiger partial charge < -0.3 is 10.2 Å². The van der Waals surface area contributed by atoms with Gasteiger partial charge in [0.15, 0.2) is 0 Å². The molecule has 0 unspecified atom stereocenters. The fraction of sp³-hybridized carbons (Fsp3) is 0.867. The number of hydrogen-bond acceptors (Lipinski definition) is 4. The molecule has 1 N–H and O–H groups in total. The van der Waals surface area contributed by atoms with E-state index in [2.05, 4.69) is 47.5 Å². The number of aromatic nitrogens is 3. The molecular formula is C15H29N5. The van der Waals surface area contributed by atoms with Crippen molar-refractivity contribution in [2.24, 2.45) is 5.41 Å². The molecule has 1 aromatic heterocycles. The minimum absolute atomic E-state index is 0.468. The van der Waals surface area contributed by atoms with Crippen LogP contribution in [0.4, 0.5) is 0 Å². The Morgan fingerprint density at radius 1 is 1.35 bits per heavy atom. The third kappa shape index (κ3) is 4.87. The van der Waals surface area contributed by atoms with Gasteiger partial charge in [-0.2, -0.15) is 0 Å². The van der Waals surface area contributed by atoms with Crippen LogP contribution in [0.1, 0.15) is 45.7 Å². The Labute approximate surface area is 122 Å². The minimum atomic E-state index is 0.468. The Bertz CT molecular complexity index is 399. The fourth-order valence-corrected chi connectivity index (χ4v) is 2.90. The summed E-state index contributed by atoms with van der Waals surface area (Å²) in [5, 5.41) is 11.8. The number of likely N-dealkylation sites (tertiary alicyclic amines) is 1. The first-order valence-corrected chi connectivity index (χ1v) is 7.91. The first-order valence-electron chi connectivity index (χ1n) is 7.91. The molecule has 20 heavy (non-hydrogen) atoms. The van der Waals surface area contributed by atoms with Gasteiger partial charge in [0.05, 0.1) is 12.2 Å². The molecule has 2 rings (SSSR count). The van der Waals surface area contributed by atoms with E-state index < -0.39 is 0 Å². The Kier molecular flexibility index (Phi) is 5.54. The van der Waals surface area contributed by atoms with Crippen LogP contribution in [0.25, 0.3) is 0 Å². The van der Waals surface area contributed by atoms with Crippen LogP contribution in [0.15, 0.2) is 6.20 Å². The maximum Gasteiger partial charge on any atom is 0.0964 e. The molecule has 114 valence electrons. The van der Waals surface area contributed by atoms with Crippen molar-refractivity contribution in [1.82, 2.24) is 25.2 Å². The number of piperidine rings is 1. The van der Waals surface area contributed by atoms with E-state index in [1.165, 1.54) is 25.9 Å². The number of nitrogens with zero attached hydrogens (tertiary/aromatic N) is 4. The third-order valence-corrected chi connectivity index (χ3v) is 3.94. The summed E-state index contributed by atoms with van der Waals surface area (Å²) in [5.41, 5.74) is 1.51. The van der Waals surface area contributed by atoms with Crippen LogP contribution < -0.4 is 5.32 Å². The maximum atomic E-state index is 4.22. The van der Waals surface area contributed by atoms with Gasteiger partial charge in [0.1, 0.15) is 0 Å². The molecule has 0 radical (unpaired) electrons. The molecule has 0 atom stereocenters. The normalized spacial score (nSPS) is 19.4. The molecule has 1 aliphatic heterocycles. The molecular weight excluding hydrogens is 250 g/mol. The zero-order chi connectivity index (χ0) is 14.4. The molecule has 0 aliphatic carbocycles. The lowest BCUT2D eigenvalue weighted by atomic mass is 9.84. The second-order valence-electron chi connectivity index (χ2n) is 6.69. The van der Waals surface area contributed by atoms with Crippen LogP contribution in [0.3, 0.4) is 0 Å². The quantitative estimate of drug-likeness (QED) is 0.774. The molecule has 1 aliphatic rings. The van der Waals surface area contributed by atoms with Crippen LogP contribution in [-0.4, -0.2) is 46.1 Å². The number of rotatable bonds is 7. The van der Waals surface area contributed by atoms with Crippen LogP contribution in [-0.2, 0) is 13.1 Å². The Balaban J connectivity index is 1.73. The first-order chi connectivity index (χ1) is 9.59. The average Bonchev–Trinajstić information content (AvgIpc) is 2.84. The molecule has 0 saturated carbocycles. The summed E-state index contributed by atoms with van der Waals surface area (Å²) >= 11 is 0. The zero-order valence-electron chi connectivity index (χ0n) is 13.2. The van der Waals surface area contributed by atoms with E-state index in [1.54, 1.807) is 0 Å². The Hall–Kier alpha value is -0.940. The standard InChI is InChI=1S/C15H29N5/c1-4-7-16-11-14-12-20(18-17-14)10-9-19-8-5-6-15(2,3)13-19/h12,16H,4-11,13H2,1-3H3. The summed E-state index contributed by atoms with van der Waals surface area (Å²) in [7, 11) is 0. The van der Waals surface area contributed by atoms with Crippen LogP contribution in [0.2, 0.25) is 0 Å². The fourth-order valence-electron chi connectivity index (χ4n) is 2.90. The summed E-state index contributed by atoms with van der Waals surface area (Å²) in [6, 6.07) is 0. The van der Waals surface area contributed by atoms with Gasteiger partial charge in [0, 0.05) is 25.8 Å². The molecule has 0 bridgehead atoms. The van der Waals surface area contributed by atoms with Gasteiger partial charge in [-0.15, -0.1) is 5.10 Å². The minimum Gasteiger partial charge on any atom is -0.311 e. The topological polar surface area (TPSA) is 46.0 Å². The van der Waals surface area contributed by atoms with Crippen LogP contribution in [0.5, 0.6) is 0 Å². The predicted octanol–water partition coefficient (Wildman–Crippen LogP) is 1.90. The van der Waals surface area contributed by atoms with Gasteiger partial charge in [-0.1, -0.05) is 26.0 Å². The number of hydrogen-bond donors (Lipinski definition) is 1. The summed E-state index contributed by atoms with van der Waals surface area (Å²) in [5.74, 6) is 0. The van der Waals surface area contributed by atoms with E-state index in [9.17, 15) is 0 Å². The van der Waals surface area contributed by atoms with Crippen molar-refractivity contribution in [2.75, 3.05) is 26.2 Å². The molecule has 1 aromatic rings. The monoisotopic (exact) mass is 279 g/mol. The molecule has 5 heteroatoms. The van der Waals surface area contributed by atoms with E-state index in [0.29, 0.717) is 5.41 Å². The molecule has 5 nitrogen and oxygen atoms in total. The van der Waals surface area contributed by atoms with E-state index in [4.69, 9.17) is 0 Å². The molecule has 0 amide bonds. The summed E-state index contributed by atoms with van der Waals surface area (Å²) in [4.78, 5) is 2.56. The van der Waals surface area contributed by atoms with Gasteiger partial charge in [-0.25, -0.2) is 0 Å². The van der Waals surface area contributed by atoms with Gasteiger partial charge in [0.25, 0.3) is 0 Å². The highest BCUT2D eigenvalue weighted by Crippen LogP contribution is 2.28. The summed E-state index contributed by atoms with van der Waals surface area (Å²) in [6.45, 7) is 13.2. The predicted molar refractivity (Wildman–Crippen MR) is 81.5 cm³/mol. The van der Waals surface area contributed by atoms with E-state index >= 15 is 0 Å². The largest absolute Gasteiger partial charge is 0.311 e. The summed E-state index contributed by atoms with van der Waals surface area (Å²) in [6.07, 6.45) is 5.88. The van der Waals surface area contributed by atoms with Gasteiger partial charge in [-0.3, -0.25) is 4.68 Å². The van der Waals surface area contributed by atoms with Crippen molar-refractivity contribution < 1.29 is 0 Å². The lowest BCUT2D eigenvalue weighted by molar-refractivity contribution is 0.113. The summed E-state index contributed by atoms with van der Waals surface area (Å²) < 4.78 is 1.98. The Morgan fingerprint density at radius 2 is 2.20 bits per heavy atom. The zero-order valence-corrected chi connectivity index (χ0v) is 13.2. The lowest BCUT2D eigenvalue weighted by Crippen LogP contribution is -2.41. The third-order valence-electron chi connectivity index (χ3n) is 3.94. The smallest absolute Gasteiger partial charge is 0.0964 e. The second-order valence-corrected chi connectivity index (χ2v) is 6.69. The van der Waals surface area contributed by atoms with E-state index in [0.717, 1.165) is 38.3 Å². The van der Waals surface area contributed by atoms with Gasteiger partial charge in [-0.05, 0) is 37.8 Å². The van der Waals surface area contributed by atoms with Crippen molar-refractivity contribution >= 4 is 0 Å². The highest BCUT2D eigenvalue weighted by molar-refractivity contribution is 4.91. The van der Waals surface area contributed by atoms with Crippen molar-refractivity contribution in [3.8, 4) is 0 Å². The highest BCUT2D eigenvalue weighted by Gasteiger charge is 2.25. The lowest BCUT2D eigenvalue weighted by Gasteiger charge is -2.37. The van der Waals surface area contributed by atoms with Gasteiger partial charge >= 0.3 is 0 Å². The number of nitrogens with one attached hydrogen (secondary N) is 1. The van der Waals surface area contributed by atoms with Crippen LogP contribution in [0, 0.1) is 5.41 Å². The Morgan fingerprint density at radius 3 is 2.95 bits per heavy atom. The molecule has 2 heterocycles. The van der Waals surface area contributed by atoms with Crippen molar-refractivity contribution in [3.05, 3.63) is 11.9 Å². The van der Waals surface area contributed by atoms with Gasteiger partial charge in [0.2, 0.25) is 0 Å². The molecule has 1 saturated heterocycles. The van der Waals surface area contributed by atoms with Crippen molar-refractivity contribution in [3.63, 3.8) is 0 Å². The van der Waals surface area contributed by atoms with E-state index in [-0.39, 0.29) is 0 Å². The molecule has 1 fully saturated rings. The SMILES string of the molecule is CCCNCc1cn(CCN2CCCC(C)(C)C2)nn1.